The summed E-state index contributed by atoms with van der Waals surface area (Å²) in [6, 6.07) is 11.8. The number of rotatable bonds is 7. The molecule has 0 aliphatic carbocycles. The minimum Gasteiger partial charge on any atom is -0.481 e. The maximum atomic E-state index is 11.1. The quantitative estimate of drug-likeness (QED) is 0.784. The van der Waals surface area contributed by atoms with Crippen LogP contribution in [0, 0.1) is 0 Å². The fourth-order valence-electron chi connectivity index (χ4n) is 3.41. The van der Waals surface area contributed by atoms with Crippen LogP contribution in [0.25, 0.3) is 0 Å². The van der Waals surface area contributed by atoms with Gasteiger partial charge in [0.25, 0.3) is 0 Å². The molecule has 3 N–H and O–H groups in total. The van der Waals surface area contributed by atoms with Gasteiger partial charge in [-0.1, -0.05) is 30.3 Å². The van der Waals surface area contributed by atoms with Crippen molar-refractivity contribution in [1.82, 2.24) is 9.88 Å². The zero-order valence-corrected chi connectivity index (χ0v) is 15.3. The number of aliphatic hydroxyl groups is 1. The minimum atomic E-state index is -1.23. The van der Waals surface area contributed by atoms with Gasteiger partial charge in [-0.05, 0) is 23.6 Å². The fourth-order valence-corrected chi connectivity index (χ4v) is 3.41. The second-order valence-corrected chi connectivity index (χ2v) is 7.53. The van der Waals surface area contributed by atoms with Gasteiger partial charge in [-0.25, -0.2) is 10.1 Å². The number of hydrogen-bond donors (Lipinski definition) is 2. The fraction of sp³-hybridized carbons (Fsp3) is 0.450. The molecular weight excluding hydrogens is 330 g/mol. The van der Waals surface area contributed by atoms with Gasteiger partial charge in [-0.3, -0.25) is 4.90 Å². The molecule has 26 heavy (non-hydrogen) atoms. The van der Waals surface area contributed by atoms with Crippen molar-refractivity contribution in [2.75, 3.05) is 26.8 Å². The Labute approximate surface area is 154 Å². The predicted octanol–water partition coefficient (Wildman–Crippen LogP) is 1.48. The van der Waals surface area contributed by atoms with Crippen LogP contribution in [0.3, 0.4) is 0 Å². The molecule has 1 aromatic heterocycles. The molecule has 1 aromatic carbocycles. The summed E-state index contributed by atoms with van der Waals surface area (Å²) in [5, 5.41) is 21.1. The molecule has 1 aliphatic rings. The highest BCUT2D eigenvalue weighted by molar-refractivity contribution is 5.33. The Morgan fingerprint density at radius 2 is 2.08 bits per heavy atom. The first-order chi connectivity index (χ1) is 12.3. The molecule has 0 spiro atoms. The standard InChI is InChI=1S/C20H26N3O3/c1-19(25,14-24)9-15-4-3-5-17(8-15)20(21)12-23(13-20)11-16-6-7-18(26-2)22-10-16/h3-8,10,25H,9,11-14,21H2,1-2H3. The van der Waals surface area contributed by atoms with E-state index in [-0.39, 0.29) is 0 Å². The highest BCUT2D eigenvalue weighted by Gasteiger charge is 2.40. The van der Waals surface area contributed by atoms with Crippen LogP contribution in [-0.2, 0) is 23.6 Å². The molecule has 6 heteroatoms. The molecule has 0 bridgehead atoms. The summed E-state index contributed by atoms with van der Waals surface area (Å²) in [5.74, 6) is 0.608. The van der Waals surface area contributed by atoms with Gasteiger partial charge >= 0.3 is 0 Å². The summed E-state index contributed by atoms with van der Waals surface area (Å²) in [4.78, 5) is 6.50. The van der Waals surface area contributed by atoms with Crippen LogP contribution in [0.1, 0.15) is 23.6 Å². The second kappa shape index (κ2) is 7.32. The van der Waals surface area contributed by atoms with Gasteiger partial charge in [0, 0.05) is 38.3 Å². The Hall–Kier alpha value is -1.99. The van der Waals surface area contributed by atoms with E-state index in [9.17, 15) is 10.2 Å². The first-order valence-electron chi connectivity index (χ1n) is 8.74. The number of hydrogen-bond acceptors (Lipinski definition) is 5. The number of nitrogens with zero attached hydrogens (tertiary/aromatic N) is 2. The Morgan fingerprint density at radius 3 is 2.69 bits per heavy atom. The smallest absolute Gasteiger partial charge is 0.212 e. The van der Waals surface area contributed by atoms with Gasteiger partial charge in [-0.2, -0.15) is 0 Å². The molecule has 139 valence electrons. The summed E-state index contributed by atoms with van der Waals surface area (Å²) in [6.07, 6.45) is 2.16. The number of benzene rings is 1. The van der Waals surface area contributed by atoms with Crippen LogP contribution in [0.5, 0.6) is 5.88 Å². The van der Waals surface area contributed by atoms with E-state index in [1.807, 2.05) is 42.6 Å². The first kappa shape index (κ1) is 18.8. The van der Waals surface area contributed by atoms with Crippen LogP contribution in [0.15, 0.2) is 42.6 Å². The third kappa shape index (κ3) is 4.22. The highest BCUT2D eigenvalue weighted by Crippen LogP contribution is 2.31. The van der Waals surface area contributed by atoms with Crippen molar-refractivity contribution in [3.05, 3.63) is 59.3 Å². The van der Waals surface area contributed by atoms with E-state index < -0.39 is 17.7 Å². The van der Waals surface area contributed by atoms with E-state index in [4.69, 9.17) is 10.5 Å². The lowest BCUT2D eigenvalue weighted by Crippen LogP contribution is -2.64. The zero-order chi connectivity index (χ0) is 18.8. The molecule has 2 aromatic rings. The molecule has 1 aliphatic heterocycles. The molecule has 6 nitrogen and oxygen atoms in total. The van der Waals surface area contributed by atoms with E-state index in [1.54, 1.807) is 14.0 Å². The minimum absolute atomic E-state index is 0.335. The monoisotopic (exact) mass is 356 g/mol. The van der Waals surface area contributed by atoms with Gasteiger partial charge in [0.1, 0.15) is 6.61 Å². The van der Waals surface area contributed by atoms with Crippen LogP contribution in [-0.4, -0.2) is 47.4 Å². The third-order valence-corrected chi connectivity index (χ3v) is 4.82. The number of likely N-dealkylation sites (tertiary alicyclic amines) is 1. The van der Waals surface area contributed by atoms with E-state index in [0.717, 1.165) is 36.3 Å². The van der Waals surface area contributed by atoms with E-state index >= 15 is 0 Å². The largest absolute Gasteiger partial charge is 0.481 e. The number of pyridine rings is 1. The number of ether oxygens (including phenoxy) is 1. The van der Waals surface area contributed by atoms with Crippen LogP contribution >= 0.6 is 0 Å². The Balaban J connectivity index is 1.62. The van der Waals surface area contributed by atoms with Crippen molar-refractivity contribution in [1.29, 1.82) is 0 Å². The lowest BCUT2D eigenvalue weighted by molar-refractivity contribution is -0.0249. The highest BCUT2D eigenvalue weighted by atomic mass is 16.5. The Kier molecular flexibility index (Phi) is 5.29. The van der Waals surface area contributed by atoms with Gasteiger partial charge in [0.15, 0.2) is 0 Å². The summed E-state index contributed by atoms with van der Waals surface area (Å²) in [5.41, 5.74) is 8.04. The molecule has 1 saturated heterocycles. The Morgan fingerprint density at radius 1 is 1.31 bits per heavy atom. The average Bonchev–Trinajstić information content (AvgIpc) is 2.61. The van der Waals surface area contributed by atoms with E-state index in [1.165, 1.54) is 0 Å². The van der Waals surface area contributed by atoms with Crippen molar-refractivity contribution in [2.24, 2.45) is 5.73 Å². The van der Waals surface area contributed by atoms with Crippen molar-refractivity contribution in [3.63, 3.8) is 0 Å². The maximum absolute atomic E-state index is 11.1. The van der Waals surface area contributed by atoms with Crippen LogP contribution in [0.2, 0.25) is 0 Å². The summed E-state index contributed by atoms with van der Waals surface area (Å²) < 4.78 is 5.08. The molecule has 1 fully saturated rings. The van der Waals surface area contributed by atoms with Crippen molar-refractivity contribution < 1.29 is 14.9 Å². The van der Waals surface area contributed by atoms with E-state index in [0.29, 0.717) is 12.3 Å². The van der Waals surface area contributed by atoms with Crippen LogP contribution in [0.4, 0.5) is 0 Å². The number of methoxy groups -OCH3 is 1. The molecule has 1 radical (unpaired) electrons. The summed E-state index contributed by atoms with van der Waals surface area (Å²) in [7, 11) is 1.60. The van der Waals surface area contributed by atoms with Gasteiger partial charge in [0.05, 0.1) is 18.2 Å². The molecule has 2 heterocycles. The first-order valence-corrected chi connectivity index (χ1v) is 8.74. The normalized spacial score (nSPS) is 18.8. The lowest BCUT2D eigenvalue weighted by Gasteiger charge is -2.48. The Bertz CT molecular complexity index is 740. The van der Waals surface area contributed by atoms with Gasteiger partial charge in [-0.15, -0.1) is 0 Å². The maximum Gasteiger partial charge on any atom is 0.212 e. The van der Waals surface area contributed by atoms with Crippen molar-refractivity contribution >= 4 is 0 Å². The second-order valence-electron chi connectivity index (χ2n) is 7.53. The molecule has 1 atom stereocenters. The third-order valence-electron chi connectivity index (χ3n) is 4.82. The lowest BCUT2D eigenvalue weighted by atomic mass is 9.81. The molecule has 1 unspecified atom stereocenters. The van der Waals surface area contributed by atoms with E-state index in [2.05, 4.69) is 9.88 Å². The number of aromatic nitrogens is 1. The zero-order valence-electron chi connectivity index (χ0n) is 15.3. The van der Waals surface area contributed by atoms with Crippen molar-refractivity contribution in [3.8, 4) is 5.88 Å². The predicted molar refractivity (Wildman–Crippen MR) is 98.3 cm³/mol. The van der Waals surface area contributed by atoms with Crippen molar-refractivity contribution in [2.45, 2.75) is 31.0 Å². The van der Waals surface area contributed by atoms with Crippen LogP contribution < -0.4 is 10.5 Å². The number of nitrogens with two attached hydrogens (primary N) is 1. The molecule has 3 rings (SSSR count). The average molecular weight is 356 g/mol. The topological polar surface area (TPSA) is 91.5 Å². The van der Waals surface area contributed by atoms with Gasteiger partial charge in [0.2, 0.25) is 5.88 Å². The SMILES string of the molecule is COc1ccc(CN2CC(N)(c3cccc(CC(C)(O)C[O])c3)C2)cn1. The molecule has 0 amide bonds. The molecular formula is C20H26N3O3. The summed E-state index contributed by atoms with van der Waals surface area (Å²) >= 11 is 0. The molecule has 0 saturated carbocycles. The summed E-state index contributed by atoms with van der Waals surface area (Å²) in [6.45, 7) is 3.34. The van der Waals surface area contributed by atoms with Gasteiger partial charge < -0.3 is 15.6 Å².